The van der Waals surface area contributed by atoms with Gasteiger partial charge in [0.15, 0.2) is 0 Å². The van der Waals surface area contributed by atoms with E-state index in [0.717, 1.165) is 22.5 Å². The van der Waals surface area contributed by atoms with Gasteiger partial charge in [-0.2, -0.15) is 5.10 Å². The zero-order chi connectivity index (χ0) is 25.1. The summed E-state index contributed by atoms with van der Waals surface area (Å²) in [6.45, 7) is 20.9. The Morgan fingerprint density at radius 2 is 1.67 bits per heavy atom. The Labute approximate surface area is 198 Å². The molecule has 1 aromatic carbocycles. The maximum atomic E-state index is 13.1. The molecule has 3 amide bonds. The number of benzene rings is 1. The molecule has 0 atom stereocenters. The number of carbonyl (C=O) groups excluding carboxylic acids is 2. The zero-order valence-corrected chi connectivity index (χ0v) is 22.0. The van der Waals surface area contributed by atoms with E-state index in [1.54, 1.807) is 4.90 Å². The summed E-state index contributed by atoms with van der Waals surface area (Å²) in [5.41, 5.74) is 3.32. The molecule has 0 bridgehead atoms. The second kappa shape index (κ2) is 9.98. The van der Waals surface area contributed by atoms with Crippen molar-refractivity contribution in [2.24, 2.45) is 5.92 Å². The maximum absolute atomic E-state index is 13.1. The summed E-state index contributed by atoms with van der Waals surface area (Å²) in [5.74, 6) is 0.601. The minimum absolute atomic E-state index is 0.0465. The van der Waals surface area contributed by atoms with Gasteiger partial charge in [0.2, 0.25) is 5.91 Å². The average Bonchev–Trinajstić information content (AvgIpc) is 3.07. The molecule has 0 saturated carbocycles. The van der Waals surface area contributed by atoms with Crippen molar-refractivity contribution in [3.05, 3.63) is 41.1 Å². The molecule has 33 heavy (non-hydrogen) atoms. The van der Waals surface area contributed by atoms with Gasteiger partial charge < -0.3 is 15.5 Å². The van der Waals surface area contributed by atoms with Gasteiger partial charge in [-0.25, -0.2) is 9.48 Å². The third-order valence-electron chi connectivity index (χ3n) is 5.21. The number of amides is 3. The molecule has 0 fully saturated rings. The second-order valence-corrected chi connectivity index (χ2v) is 11.3. The monoisotopic (exact) mass is 455 g/mol. The summed E-state index contributed by atoms with van der Waals surface area (Å²) in [6.07, 6.45) is 0. The molecule has 0 aliphatic heterocycles. The second-order valence-electron chi connectivity index (χ2n) is 11.3. The van der Waals surface area contributed by atoms with E-state index in [4.69, 9.17) is 5.10 Å². The van der Waals surface area contributed by atoms with Gasteiger partial charge in [0.05, 0.1) is 11.2 Å². The first-order chi connectivity index (χ1) is 15.1. The molecule has 0 aliphatic rings. The first kappa shape index (κ1) is 26.4. The standard InChI is InChI=1S/C26H41N5O2/c1-17(2)15-30(24(33)27-20-12-11-18(3)13-19(20)4)16-23(32)28-22-14-21(25(5,6)7)29-31(22)26(8,9)10/h11-14,17H,15-16H2,1-10H3,(H,27,33)(H,28,32). The molecule has 0 unspecified atom stereocenters. The molecule has 0 aliphatic carbocycles. The first-order valence-electron chi connectivity index (χ1n) is 11.6. The highest BCUT2D eigenvalue weighted by Crippen LogP contribution is 2.28. The fraction of sp³-hybridized carbons (Fsp3) is 0.577. The SMILES string of the molecule is Cc1ccc(NC(=O)N(CC(=O)Nc2cc(C(C)(C)C)nn2C(C)(C)C)CC(C)C)c(C)c1. The van der Waals surface area contributed by atoms with Crippen LogP contribution < -0.4 is 10.6 Å². The summed E-state index contributed by atoms with van der Waals surface area (Å²) < 4.78 is 1.84. The minimum atomic E-state index is -0.302. The Morgan fingerprint density at radius 3 is 2.18 bits per heavy atom. The van der Waals surface area contributed by atoms with Crippen molar-refractivity contribution in [2.75, 3.05) is 23.7 Å². The van der Waals surface area contributed by atoms with Gasteiger partial charge in [-0.1, -0.05) is 52.3 Å². The minimum Gasteiger partial charge on any atom is -0.315 e. The number of aromatic nitrogens is 2. The van der Waals surface area contributed by atoms with Crippen LogP contribution in [-0.2, 0) is 15.7 Å². The van der Waals surface area contributed by atoms with Crippen LogP contribution in [0.1, 0.15) is 72.2 Å². The van der Waals surface area contributed by atoms with Crippen LogP contribution in [0.25, 0.3) is 0 Å². The number of urea groups is 1. The van der Waals surface area contributed by atoms with Crippen LogP contribution in [0.3, 0.4) is 0 Å². The Bertz CT molecular complexity index is 993. The summed E-state index contributed by atoms with van der Waals surface area (Å²) in [7, 11) is 0. The van der Waals surface area contributed by atoms with E-state index in [0.29, 0.717) is 12.4 Å². The van der Waals surface area contributed by atoms with Gasteiger partial charge in [-0.05, 0) is 52.2 Å². The quantitative estimate of drug-likeness (QED) is 0.588. The molecule has 7 heteroatoms. The summed E-state index contributed by atoms with van der Waals surface area (Å²) >= 11 is 0. The van der Waals surface area contributed by atoms with E-state index >= 15 is 0 Å². The van der Waals surface area contributed by atoms with E-state index in [2.05, 4.69) is 31.4 Å². The lowest BCUT2D eigenvalue weighted by Gasteiger charge is -2.26. The van der Waals surface area contributed by atoms with Gasteiger partial charge >= 0.3 is 6.03 Å². The number of nitrogens with one attached hydrogen (secondary N) is 2. The van der Waals surface area contributed by atoms with E-state index in [-0.39, 0.29) is 35.4 Å². The van der Waals surface area contributed by atoms with E-state index in [9.17, 15) is 9.59 Å². The zero-order valence-electron chi connectivity index (χ0n) is 22.0. The third kappa shape index (κ3) is 7.34. The van der Waals surface area contributed by atoms with Gasteiger partial charge in [-0.15, -0.1) is 0 Å². The van der Waals surface area contributed by atoms with E-state index in [1.807, 2.05) is 77.4 Å². The topological polar surface area (TPSA) is 79.3 Å². The average molecular weight is 456 g/mol. The summed E-state index contributed by atoms with van der Waals surface area (Å²) in [6, 6.07) is 7.51. The molecule has 2 rings (SSSR count). The van der Waals surface area contributed by atoms with E-state index < -0.39 is 0 Å². The molecular weight excluding hydrogens is 414 g/mol. The Hall–Kier alpha value is -2.83. The number of hydrogen-bond donors (Lipinski definition) is 2. The lowest BCUT2D eigenvalue weighted by atomic mass is 9.92. The third-order valence-corrected chi connectivity index (χ3v) is 5.21. The number of aryl methyl sites for hydroxylation is 2. The molecule has 2 aromatic rings. The number of rotatable bonds is 6. The smallest absolute Gasteiger partial charge is 0.315 e. The van der Waals surface area contributed by atoms with Gasteiger partial charge in [0, 0.05) is 23.7 Å². The largest absolute Gasteiger partial charge is 0.322 e. The Morgan fingerprint density at radius 1 is 1.03 bits per heavy atom. The number of nitrogens with zero attached hydrogens (tertiary/aromatic N) is 3. The van der Waals surface area contributed by atoms with Crippen LogP contribution in [0.15, 0.2) is 24.3 Å². The molecule has 0 spiro atoms. The van der Waals surface area contributed by atoms with E-state index in [1.165, 1.54) is 0 Å². The molecule has 1 aromatic heterocycles. The van der Waals surface area contributed by atoms with Gasteiger partial charge in [0.1, 0.15) is 12.4 Å². The lowest BCUT2D eigenvalue weighted by molar-refractivity contribution is -0.116. The van der Waals surface area contributed by atoms with Gasteiger partial charge in [0.25, 0.3) is 0 Å². The fourth-order valence-corrected chi connectivity index (χ4v) is 3.51. The molecule has 0 radical (unpaired) electrons. The van der Waals surface area contributed by atoms with Crippen molar-refractivity contribution >= 4 is 23.4 Å². The molecule has 2 N–H and O–H groups in total. The van der Waals surface area contributed by atoms with Crippen LogP contribution in [0.2, 0.25) is 0 Å². The van der Waals surface area contributed by atoms with Crippen molar-refractivity contribution in [1.82, 2.24) is 14.7 Å². The van der Waals surface area contributed by atoms with Crippen molar-refractivity contribution < 1.29 is 9.59 Å². The highest BCUT2D eigenvalue weighted by atomic mass is 16.2. The number of carbonyl (C=O) groups is 2. The van der Waals surface area contributed by atoms with Crippen molar-refractivity contribution in [2.45, 2.75) is 80.2 Å². The van der Waals surface area contributed by atoms with Crippen LogP contribution in [0.4, 0.5) is 16.3 Å². The van der Waals surface area contributed by atoms with Crippen molar-refractivity contribution in [3.63, 3.8) is 0 Å². The Balaban J connectivity index is 2.22. The summed E-state index contributed by atoms with van der Waals surface area (Å²) in [4.78, 5) is 27.6. The fourth-order valence-electron chi connectivity index (χ4n) is 3.51. The van der Waals surface area contributed by atoms with Crippen LogP contribution in [0, 0.1) is 19.8 Å². The number of hydrogen-bond acceptors (Lipinski definition) is 3. The van der Waals surface area contributed by atoms with Crippen molar-refractivity contribution in [3.8, 4) is 0 Å². The van der Waals surface area contributed by atoms with Crippen molar-refractivity contribution in [1.29, 1.82) is 0 Å². The van der Waals surface area contributed by atoms with Crippen LogP contribution in [0.5, 0.6) is 0 Å². The normalized spacial score (nSPS) is 12.1. The first-order valence-corrected chi connectivity index (χ1v) is 11.6. The highest BCUT2D eigenvalue weighted by molar-refractivity contribution is 5.97. The Kier molecular flexibility index (Phi) is 7.99. The lowest BCUT2D eigenvalue weighted by Crippen LogP contribution is -2.43. The van der Waals surface area contributed by atoms with Crippen LogP contribution >= 0.6 is 0 Å². The molecule has 0 saturated heterocycles. The highest BCUT2D eigenvalue weighted by Gasteiger charge is 2.27. The molecule has 1 heterocycles. The molecule has 7 nitrogen and oxygen atoms in total. The predicted molar refractivity (Wildman–Crippen MR) is 136 cm³/mol. The summed E-state index contributed by atoms with van der Waals surface area (Å²) in [5, 5.41) is 10.7. The van der Waals surface area contributed by atoms with Gasteiger partial charge in [-0.3, -0.25) is 4.79 Å². The predicted octanol–water partition coefficient (Wildman–Crippen LogP) is 5.68. The van der Waals surface area contributed by atoms with Crippen LogP contribution in [-0.4, -0.2) is 39.7 Å². The molecular formula is C26H41N5O2. The molecule has 182 valence electrons. The maximum Gasteiger partial charge on any atom is 0.322 e. The number of anilines is 2.